The normalized spacial score (nSPS) is 25.6. The van der Waals surface area contributed by atoms with E-state index in [0.29, 0.717) is 24.7 Å². The number of rotatable bonds is 4. The number of likely N-dealkylation sites (tertiary alicyclic amines) is 1. The van der Waals surface area contributed by atoms with E-state index in [0.717, 1.165) is 25.0 Å². The van der Waals surface area contributed by atoms with Crippen LogP contribution in [0.4, 0.5) is 4.79 Å². The second kappa shape index (κ2) is 7.51. The van der Waals surface area contributed by atoms with Gasteiger partial charge in [-0.2, -0.15) is 0 Å². The number of hydrogen-bond acceptors (Lipinski definition) is 3. The predicted octanol–water partition coefficient (Wildman–Crippen LogP) is 2.44. The second-order valence-corrected chi connectivity index (χ2v) is 6.82. The molecule has 2 aliphatic rings. The van der Waals surface area contributed by atoms with E-state index >= 15 is 0 Å². The molecule has 1 aromatic rings. The zero-order valence-electron chi connectivity index (χ0n) is 13.1. The fourth-order valence-electron chi connectivity index (χ4n) is 3.35. The molecule has 6 heteroatoms. The summed E-state index contributed by atoms with van der Waals surface area (Å²) in [6.45, 7) is 2.86. The van der Waals surface area contributed by atoms with Crippen LogP contribution < -0.4 is 5.32 Å². The first-order valence-corrected chi connectivity index (χ1v) is 8.54. The molecule has 5 nitrogen and oxygen atoms in total. The number of urea groups is 1. The van der Waals surface area contributed by atoms with Crippen LogP contribution in [-0.2, 0) is 4.74 Å². The van der Waals surface area contributed by atoms with Gasteiger partial charge >= 0.3 is 6.03 Å². The minimum atomic E-state index is -0.0737. The number of nitrogens with zero attached hydrogens (tertiary/aromatic N) is 1. The summed E-state index contributed by atoms with van der Waals surface area (Å²) >= 11 is 5.97. The maximum absolute atomic E-state index is 12.6. The van der Waals surface area contributed by atoms with Crippen LogP contribution in [0.25, 0.3) is 0 Å². The van der Waals surface area contributed by atoms with E-state index in [4.69, 9.17) is 16.3 Å². The van der Waals surface area contributed by atoms with Gasteiger partial charge in [0.1, 0.15) is 0 Å². The minimum Gasteiger partial charge on any atom is -0.396 e. The van der Waals surface area contributed by atoms with E-state index in [1.165, 1.54) is 0 Å². The van der Waals surface area contributed by atoms with E-state index in [9.17, 15) is 9.90 Å². The average molecular weight is 339 g/mol. The van der Waals surface area contributed by atoms with Gasteiger partial charge in [-0.15, -0.1) is 0 Å². The number of carbonyl (C=O) groups excluding carboxylic acids is 1. The molecule has 0 radical (unpaired) electrons. The van der Waals surface area contributed by atoms with Crippen LogP contribution in [0.2, 0.25) is 5.02 Å². The van der Waals surface area contributed by atoms with Crippen molar-refractivity contribution >= 4 is 17.6 Å². The molecule has 1 aromatic carbocycles. The number of hydrogen-bond donors (Lipinski definition) is 2. The third kappa shape index (κ3) is 3.97. The van der Waals surface area contributed by atoms with Gasteiger partial charge in [0.15, 0.2) is 0 Å². The topological polar surface area (TPSA) is 61.8 Å². The van der Waals surface area contributed by atoms with Gasteiger partial charge in [-0.25, -0.2) is 4.79 Å². The Kier molecular flexibility index (Phi) is 5.41. The van der Waals surface area contributed by atoms with Gasteiger partial charge < -0.3 is 20.1 Å². The molecule has 0 unspecified atom stereocenters. The van der Waals surface area contributed by atoms with E-state index in [-0.39, 0.29) is 30.5 Å². The summed E-state index contributed by atoms with van der Waals surface area (Å²) < 4.78 is 5.50. The molecule has 2 N–H and O–H groups in total. The molecule has 2 amide bonds. The van der Waals surface area contributed by atoms with Gasteiger partial charge in [-0.05, 0) is 30.5 Å². The number of aliphatic hydroxyl groups is 1. The van der Waals surface area contributed by atoms with Crippen molar-refractivity contribution in [1.82, 2.24) is 10.2 Å². The lowest BCUT2D eigenvalue weighted by molar-refractivity contribution is 0.170. The van der Waals surface area contributed by atoms with Gasteiger partial charge in [-0.3, -0.25) is 0 Å². The molecule has 23 heavy (non-hydrogen) atoms. The number of ether oxygens (including phenoxy) is 1. The highest BCUT2D eigenvalue weighted by atomic mass is 35.5. The zero-order chi connectivity index (χ0) is 16.2. The average Bonchev–Trinajstić information content (AvgIpc) is 3.25. The summed E-state index contributed by atoms with van der Waals surface area (Å²) in [5.41, 5.74) is 1.05. The van der Waals surface area contributed by atoms with Crippen LogP contribution in [0.3, 0.4) is 0 Å². The van der Waals surface area contributed by atoms with Crippen LogP contribution in [0, 0.1) is 11.8 Å². The number of benzene rings is 1. The monoisotopic (exact) mass is 338 g/mol. The fourth-order valence-corrected chi connectivity index (χ4v) is 3.48. The summed E-state index contributed by atoms with van der Waals surface area (Å²) in [6.07, 6.45) is 1.80. The van der Waals surface area contributed by atoms with Crippen molar-refractivity contribution in [3.8, 4) is 0 Å². The lowest BCUT2D eigenvalue weighted by Gasteiger charge is -2.27. The van der Waals surface area contributed by atoms with Crippen LogP contribution in [0.5, 0.6) is 0 Å². The van der Waals surface area contributed by atoms with Crippen LogP contribution in [0.15, 0.2) is 24.3 Å². The molecule has 3 rings (SSSR count). The fraction of sp³-hybridized carbons (Fsp3) is 0.588. The number of aliphatic hydroxyl groups excluding tert-OH is 1. The molecular weight excluding hydrogens is 316 g/mol. The number of halogens is 1. The van der Waals surface area contributed by atoms with E-state index < -0.39 is 0 Å². The molecule has 0 bridgehead atoms. The third-order valence-corrected chi connectivity index (χ3v) is 5.03. The molecule has 2 saturated heterocycles. The van der Waals surface area contributed by atoms with Crippen molar-refractivity contribution in [3.05, 3.63) is 34.9 Å². The molecule has 0 spiro atoms. The quantitative estimate of drug-likeness (QED) is 0.886. The SMILES string of the molecule is O=C(N[C@H](c1ccc(Cl)cc1)[C@@H]1CCOC1)N1CC[C@@H](CO)C1. The van der Waals surface area contributed by atoms with E-state index in [1.807, 2.05) is 24.3 Å². The number of nitrogens with one attached hydrogen (secondary N) is 1. The molecule has 2 fully saturated rings. The van der Waals surface area contributed by atoms with Crippen molar-refractivity contribution in [2.24, 2.45) is 11.8 Å². The van der Waals surface area contributed by atoms with Crippen molar-refractivity contribution in [2.75, 3.05) is 32.9 Å². The Morgan fingerprint density at radius 1 is 1.39 bits per heavy atom. The standard InChI is InChI=1S/C17H23ClN2O3/c18-15-3-1-13(2-4-15)16(14-6-8-23-11-14)19-17(22)20-7-5-12(9-20)10-21/h1-4,12,14,16,21H,5-11H2,(H,19,22)/t12-,14-,16-/m1/s1. The highest BCUT2D eigenvalue weighted by Crippen LogP contribution is 2.30. The van der Waals surface area contributed by atoms with Gasteiger partial charge in [0.05, 0.1) is 12.6 Å². The molecule has 2 heterocycles. The van der Waals surface area contributed by atoms with Crippen molar-refractivity contribution in [1.29, 1.82) is 0 Å². The highest BCUT2D eigenvalue weighted by Gasteiger charge is 2.32. The number of amides is 2. The first-order chi connectivity index (χ1) is 11.2. The lowest BCUT2D eigenvalue weighted by atomic mass is 9.92. The van der Waals surface area contributed by atoms with Gasteiger partial charge in [-0.1, -0.05) is 23.7 Å². The summed E-state index contributed by atoms with van der Waals surface area (Å²) in [7, 11) is 0. The Bertz CT molecular complexity index is 531. The Morgan fingerprint density at radius 2 is 2.17 bits per heavy atom. The summed E-state index contributed by atoms with van der Waals surface area (Å²) in [5, 5.41) is 13.1. The van der Waals surface area contributed by atoms with Crippen molar-refractivity contribution in [3.63, 3.8) is 0 Å². The van der Waals surface area contributed by atoms with Gasteiger partial charge in [0.25, 0.3) is 0 Å². The van der Waals surface area contributed by atoms with Crippen LogP contribution in [-0.4, -0.2) is 48.9 Å². The first-order valence-electron chi connectivity index (χ1n) is 8.17. The summed E-state index contributed by atoms with van der Waals surface area (Å²) in [4.78, 5) is 14.4. The Labute approximate surface area is 141 Å². The largest absolute Gasteiger partial charge is 0.396 e. The molecule has 0 aliphatic carbocycles. The van der Waals surface area contributed by atoms with Gasteiger partial charge in [0, 0.05) is 43.2 Å². The molecule has 2 aliphatic heterocycles. The smallest absolute Gasteiger partial charge is 0.317 e. The van der Waals surface area contributed by atoms with Crippen LogP contribution in [0.1, 0.15) is 24.4 Å². The molecule has 0 saturated carbocycles. The van der Waals surface area contributed by atoms with E-state index in [2.05, 4.69) is 5.32 Å². The molecule has 3 atom stereocenters. The highest BCUT2D eigenvalue weighted by molar-refractivity contribution is 6.30. The minimum absolute atomic E-state index is 0.0622. The summed E-state index contributed by atoms with van der Waals surface area (Å²) in [6, 6.07) is 7.49. The third-order valence-electron chi connectivity index (χ3n) is 4.78. The Morgan fingerprint density at radius 3 is 2.78 bits per heavy atom. The number of carbonyl (C=O) groups is 1. The van der Waals surface area contributed by atoms with Gasteiger partial charge in [0.2, 0.25) is 0 Å². The molecule has 126 valence electrons. The summed E-state index contributed by atoms with van der Waals surface area (Å²) in [5.74, 6) is 0.473. The molecular formula is C17H23ClN2O3. The predicted molar refractivity (Wildman–Crippen MR) is 88.4 cm³/mol. The Hall–Kier alpha value is -1.30. The lowest BCUT2D eigenvalue weighted by Crippen LogP contribution is -2.42. The maximum atomic E-state index is 12.6. The Balaban J connectivity index is 1.71. The second-order valence-electron chi connectivity index (χ2n) is 6.39. The van der Waals surface area contributed by atoms with E-state index in [1.54, 1.807) is 4.90 Å². The van der Waals surface area contributed by atoms with Crippen LogP contribution >= 0.6 is 11.6 Å². The molecule has 0 aromatic heterocycles. The van der Waals surface area contributed by atoms with Crippen molar-refractivity contribution in [2.45, 2.75) is 18.9 Å². The maximum Gasteiger partial charge on any atom is 0.317 e. The first kappa shape index (κ1) is 16.6. The zero-order valence-corrected chi connectivity index (χ0v) is 13.8. The van der Waals surface area contributed by atoms with Crippen molar-refractivity contribution < 1.29 is 14.6 Å².